The molecule has 3 heteroatoms. The molecule has 0 spiro atoms. The molecule has 2 nitrogen and oxygen atoms in total. The van der Waals surface area contributed by atoms with Crippen molar-refractivity contribution in [2.24, 2.45) is 11.8 Å². The Balaban J connectivity index is 3.16. The summed E-state index contributed by atoms with van der Waals surface area (Å²) >= 11 is 6.05. The first kappa shape index (κ1) is 16.3. The third kappa shape index (κ3) is 4.39. The molecule has 1 rings (SSSR count). The van der Waals surface area contributed by atoms with Crippen molar-refractivity contribution >= 4 is 11.6 Å². The average Bonchev–Trinajstić information content (AvgIpc) is 2.27. The molecule has 0 atom stereocenters. The number of aliphatic hydroxyl groups is 1. The minimum absolute atomic E-state index is 0.422. The van der Waals surface area contributed by atoms with E-state index in [1.807, 2.05) is 12.1 Å². The molecule has 1 aromatic carbocycles. The first-order valence-corrected chi connectivity index (χ1v) is 7.22. The first-order chi connectivity index (χ1) is 8.78. The molecule has 0 unspecified atom stereocenters. The van der Waals surface area contributed by atoms with Crippen LogP contribution in [0.2, 0.25) is 5.02 Å². The Bertz CT molecular complexity index is 403. The number of rotatable bonds is 6. The van der Waals surface area contributed by atoms with Gasteiger partial charge in [-0.2, -0.15) is 0 Å². The van der Waals surface area contributed by atoms with Gasteiger partial charge in [-0.05, 0) is 42.4 Å². The van der Waals surface area contributed by atoms with Crippen molar-refractivity contribution in [3.05, 3.63) is 28.8 Å². The summed E-state index contributed by atoms with van der Waals surface area (Å²) in [4.78, 5) is 0. The molecule has 0 aliphatic rings. The van der Waals surface area contributed by atoms with Gasteiger partial charge in [-0.25, -0.2) is 0 Å². The second-order valence-corrected chi connectivity index (χ2v) is 6.48. The van der Waals surface area contributed by atoms with Crippen LogP contribution in [0.15, 0.2) is 18.2 Å². The lowest BCUT2D eigenvalue weighted by Crippen LogP contribution is -2.29. The van der Waals surface area contributed by atoms with Crippen molar-refractivity contribution < 1.29 is 9.84 Å². The Morgan fingerprint density at radius 2 is 1.68 bits per heavy atom. The van der Waals surface area contributed by atoms with Gasteiger partial charge in [0.05, 0.1) is 17.7 Å². The molecule has 1 aromatic rings. The maximum absolute atomic E-state index is 11.0. The summed E-state index contributed by atoms with van der Waals surface area (Å²) < 4.78 is 5.25. The number of benzene rings is 1. The molecule has 0 aliphatic carbocycles. The van der Waals surface area contributed by atoms with Crippen molar-refractivity contribution in [3.63, 3.8) is 0 Å². The topological polar surface area (TPSA) is 29.5 Å². The van der Waals surface area contributed by atoms with Crippen LogP contribution in [0.5, 0.6) is 5.75 Å². The lowest BCUT2D eigenvalue weighted by molar-refractivity contribution is -0.00465. The minimum Gasteiger partial charge on any atom is -0.495 e. The SMILES string of the molecule is COc1cc(C(O)(CC(C)C)CC(C)C)ccc1Cl. The highest BCUT2D eigenvalue weighted by Gasteiger charge is 2.31. The number of ether oxygens (including phenoxy) is 1. The molecule has 0 saturated heterocycles. The van der Waals surface area contributed by atoms with Crippen LogP contribution in [0.4, 0.5) is 0 Å². The fraction of sp³-hybridized carbons (Fsp3) is 0.625. The molecule has 0 radical (unpaired) electrons. The van der Waals surface area contributed by atoms with Crippen molar-refractivity contribution in [2.75, 3.05) is 7.11 Å². The van der Waals surface area contributed by atoms with Crippen LogP contribution in [-0.2, 0) is 5.60 Å². The van der Waals surface area contributed by atoms with E-state index >= 15 is 0 Å². The normalized spacial score (nSPS) is 12.3. The molecule has 0 heterocycles. The van der Waals surface area contributed by atoms with Gasteiger partial charge in [-0.1, -0.05) is 45.4 Å². The number of hydrogen-bond donors (Lipinski definition) is 1. The van der Waals surface area contributed by atoms with Crippen LogP contribution in [0.3, 0.4) is 0 Å². The Morgan fingerprint density at radius 1 is 1.16 bits per heavy atom. The van der Waals surface area contributed by atoms with E-state index in [9.17, 15) is 5.11 Å². The van der Waals surface area contributed by atoms with E-state index in [1.54, 1.807) is 13.2 Å². The quantitative estimate of drug-likeness (QED) is 0.825. The van der Waals surface area contributed by atoms with Crippen molar-refractivity contribution in [2.45, 2.75) is 46.1 Å². The van der Waals surface area contributed by atoms with E-state index in [4.69, 9.17) is 16.3 Å². The summed E-state index contributed by atoms with van der Waals surface area (Å²) in [6.07, 6.45) is 1.46. The Morgan fingerprint density at radius 3 is 2.11 bits per heavy atom. The van der Waals surface area contributed by atoms with E-state index in [0.717, 1.165) is 18.4 Å². The fourth-order valence-corrected chi connectivity index (χ4v) is 2.81. The molecule has 0 aliphatic heterocycles. The number of methoxy groups -OCH3 is 1. The zero-order valence-electron chi connectivity index (χ0n) is 12.5. The van der Waals surface area contributed by atoms with Crippen LogP contribution >= 0.6 is 11.6 Å². The predicted octanol–water partition coefficient (Wildman–Crippen LogP) is 4.63. The van der Waals surface area contributed by atoms with E-state index < -0.39 is 5.60 Å². The lowest BCUT2D eigenvalue weighted by Gasteiger charge is -2.32. The molecule has 1 N–H and O–H groups in total. The van der Waals surface area contributed by atoms with Gasteiger partial charge in [0.15, 0.2) is 0 Å². The maximum Gasteiger partial charge on any atom is 0.137 e. The Hall–Kier alpha value is -0.730. The van der Waals surface area contributed by atoms with E-state index in [0.29, 0.717) is 22.6 Å². The first-order valence-electron chi connectivity index (χ1n) is 6.85. The molecule has 0 saturated carbocycles. The van der Waals surface area contributed by atoms with E-state index in [1.165, 1.54) is 0 Å². The second kappa shape index (κ2) is 6.62. The van der Waals surface area contributed by atoms with Crippen LogP contribution in [0.1, 0.15) is 46.1 Å². The summed E-state index contributed by atoms with van der Waals surface area (Å²) in [7, 11) is 1.59. The standard InChI is InChI=1S/C16H25ClO2/c1-11(2)9-16(18,10-12(3)4)13-6-7-14(17)15(8-13)19-5/h6-8,11-12,18H,9-10H2,1-5H3. The summed E-state index contributed by atoms with van der Waals surface area (Å²) in [5.41, 5.74) is 0.0661. The van der Waals surface area contributed by atoms with Crippen molar-refractivity contribution in [3.8, 4) is 5.75 Å². The third-order valence-electron chi connectivity index (χ3n) is 3.18. The highest BCUT2D eigenvalue weighted by molar-refractivity contribution is 6.32. The number of hydrogen-bond acceptors (Lipinski definition) is 2. The van der Waals surface area contributed by atoms with Gasteiger partial charge < -0.3 is 9.84 Å². The summed E-state index contributed by atoms with van der Waals surface area (Å²) in [6, 6.07) is 5.55. The van der Waals surface area contributed by atoms with Gasteiger partial charge >= 0.3 is 0 Å². The molecule has 19 heavy (non-hydrogen) atoms. The van der Waals surface area contributed by atoms with Crippen LogP contribution < -0.4 is 4.74 Å². The molecular weight excluding hydrogens is 260 g/mol. The van der Waals surface area contributed by atoms with Crippen molar-refractivity contribution in [1.82, 2.24) is 0 Å². The van der Waals surface area contributed by atoms with Crippen LogP contribution in [0.25, 0.3) is 0 Å². The van der Waals surface area contributed by atoms with Gasteiger partial charge in [-0.3, -0.25) is 0 Å². The Labute approximate surface area is 121 Å². The molecule has 0 fully saturated rings. The summed E-state index contributed by atoms with van der Waals surface area (Å²) in [6.45, 7) is 8.49. The highest BCUT2D eigenvalue weighted by atomic mass is 35.5. The molecule has 0 aromatic heterocycles. The van der Waals surface area contributed by atoms with Crippen LogP contribution in [0, 0.1) is 11.8 Å². The van der Waals surface area contributed by atoms with Gasteiger partial charge in [0.2, 0.25) is 0 Å². The average molecular weight is 285 g/mol. The smallest absolute Gasteiger partial charge is 0.137 e. The molecule has 0 amide bonds. The van der Waals surface area contributed by atoms with Gasteiger partial charge in [0, 0.05) is 0 Å². The summed E-state index contributed by atoms with van der Waals surface area (Å²) in [5, 5.41) is 11.6. The van der Waals surface area contributed by atoms with Crippen LogP contribution in [-0.4, -0.2) is 12.2 Å². The molecule has 108 valence electrons. The van der Waals surface area contributed by atoms with Gasteiger partial charge in [0.1, 0.15) is 5.75 Å². The highest BCUT2D eigenvalue weighted by Crippen LogP contribution is 2.38. The minimum atomic E-state index is -0.819. The largest absolute Gasteiger partial charge is 0.495 e. The van der Waals surface area contributed by atoms with E-state index in [-0.39, 0.29) is 0 Å². The molecular formula is C16H25ClO2. The maximum atomic E-state index is 11.0. The van der Waals surface area contributed by atoms with Gasteiger partial charge in [-0.15, -0.1) is 0 Å². The summed E-state index contributed by atoms with van der Waals surface area (Å²) in [5.74, 6) is 1.46. The number of halogens is 1. The van der Waals surface area contributed by atoms with E-state index in [2.05, 4.69) is 27.7 Å². The third-order valence-corrected chi connectivity index (χ3v) is 3.49. The zero-order chi connectivity index (χ0) is 14.6. The molecule has 0 bridgehead atoms. The predicted molar refractivity (Wildman–Crippen MR) is 80.8 cm³/mol. The van der Waals surface area contributed by atoms with Crippen molar-refractivity contribution in [1.29, 1.82) is 0 Å². The Kier molecular flexibility index (Phi) is 5.69. The second-order valence-electron chi connectivity index (χ2n) is 6.08. The zero-order valence-corrected chi connectivity index (χ0v) is 13.3. The lowest BCUT2D eigenvalue weighted by atomic mass is 9.80. The fourth-order valence-electron chi connectivity index (χ4n) is 2.62. The van der Waals surface area contributed by atoms with Gasteiger partial charge in [0.25, 0.3) is 0 Å². The monoisotopic (exact) mass is 284 g/mol.